The summed E-state index contributed by atoms with van der Waals surface area (Å²) in [5.74, 6) is 0.0897. The van der Waals surface area contributed by atoms with E-state index in [1.54, 1.807) is 25.1 Å². The van der Waals surface area contributed by atoms with E-state index in [4.69, 9.17) is 5.73 Å². The smallest absolute Gasteiger partial charge is 0.221 e. The maximum atomic E-state index is 11.3. The van der Waals surface area contributed by atoms with Crippen LogP contribution < -0.4 is 11.1 Å². The number of benzene rings is 1. The normalized spacial score (nSPS) is 12.1. The molecule has 0 radical (unpaired) electrons. The number of phenols is 1. The molecule has 1 rings (SSSR count). The van der Waals surface area contributed by atoms with Crippen LogP contribution in [0.25, 0.3) is 0 Å². The summed E-state index contributed by atoms with van der Waals surface area (Å²) in [6.07, 6.45) is 0.299. The second-order valence-electron chi connectivity index (χ2n) is 3.59. The van der Waals surface area contributed by atoms with Crippen LogP contribution in [0.5, 0.6) is 5.75 Å². The molecular formula is C11H16N2O2. The number of aromatic hydroxyl groups is 1. The number of rotatable bonds is 4. The van der Waals surface area contributed by atoms with E-state index in [0.717, 1.165) is 0 Å². The highest BCUT2D eigenvalue weighted by atomic mass is 16.3. The van der Waals surface area contributed by atoms with E-state index in [9.17, 15) is 9.90 Å². The van der Waals surface area contributed by atoms with Crippen molar-refractivity contribution in [3.8, 4) is 5.75 Å². The van der Waals surface area contributed by atoms with Crippen LogP contribution in [0.2, 0.25) is 0 Å². The molecule has 0 spiro atoms. The Balaban J connectivity index is 2.44. The van der Waals surface area contributed by atoms with Crippen molar-refractivity contribution in [2.24, 2.45) is 5.73 Å². The average Bonchev–Trinajstić information content (AvgIpc) is 2.15. The lowest BCUT2D eigenvalue weighted by molar-refractivity contribution is -0.121. The van der Waals surface area contributed by atoms with E-state index in [1.165, 1.54) is 0 Å². The van der Waals surface area contributed by atoms with Crippen LogP contribution >= 0.6 is 0 Å². The minimum Gasteiger partial charge on any atom is -0.508 e. The average molecular weight is 208 g/mol. The van der Waals surface area contributed by atoms with Crippen molar-refractivity contribution in [2.45, 2.75) is 25.9 Å². The maximum absolute atomic E-state index is 11.3. The molecule has 4 nitrogen and oxygen atoms in total. The number of hydrogen-bond acceptors (Lipinski definition) is 3. The van der Waals surface area contributed by atoms with Crippen LogP contribution in [-0.4, -0.2) is 17.1 Å². The predicted octanol–water partition coefficient (Wildman–Crippen LogP) is 0.746. The maximum Gasteiger partial charge on any atom is 0.221 e. The molecule has 1 aromatic rings. The molecule has 4 N–H and O–H groups in total. The highest BCUT2D eigenvalue weighted by molar-refractivity contribution is 5.76. The van der Waals surface area contributed by atoms with Crippen molar-refractivity contribution in [1.82, 2.24) is 5.32 Å². The van der Waals surface area contributed by atoms with Gasteiger partial charge in [0.25, 0.3) is 0 Å². The van der Waals surface area contributed by atoms with Crippen LogP contribution in [-0.2, 0) is 11.3 Å². The first kappa shape index (κ1) is 11.5. The zero-order valence-corrected chi connectivity index (χ0v) is 8.73. The fraction of sp³-hybridized carbons (Fsp3) is 0.364. The Kier molecular flexibility index (Phi) is 4.12. The first-order valence-corrected chi connectivity index (χ1v) is 4.88. The van der Waals surface area contributed by atoms with Gasteiger partial charge in [-0.15, -0.1) is 0 Å². The van der Waals surface area contributed by atoms with Gasteiger partial charge in [-0.3, -0.25) is 4.79 Å². The van der Waals surface area contributed by atoms with Crippen molar-refractivity contribution in [3.63, 3.8) is 0 Å². The second kappa shape index (κ2) is 5.36. The van der Waals surface area contributed by atoms with Crippen molar-refractivity contribution >= 4 is 5.91 Å². The third kappa shape index (κ3) is 3.99. The molecule has 0 saturated carbocycles. The molecule has 0 aliphatic heterocycles. The van der Waals surface area contributed by atoms with Crippen LogP contribution in [0, 0.1) is 0 Å². The van der Waals surface area contributed by atoms with Gasteiger partial charge in [-0.05, 0) is 13.0 Å². The summed E-state index contributed by atoms with van der Waals surface area (Å²) in [5.41, 5.74) is 6.19. The standard InChI is InChI=1S/C11H16N2O2/c1-8(12)6-11(15)13-7-9-4-2-3-5-10(9)14/h2-5,8,14H,6-7,12H2,1H3,(H,13,15). The first-order valence-electron chi connectivity index (χ1n) is 4.88. The van der Waals surface area contributed by atoms with Gasteiger partial charge in [-0.2, -0.15) is 0 Å². The van der Waals surface area contributed by atoms with Gasteiger partial charge < -0.3 is 16.2 Å². The monoisotopic (exact) mass is 208 g/mol. The fourth-order valence-electron chi connectivity index (χ4n) is 1.22. The molecule has 1 aromatic carbocycles. The van der Waals surface area contributed by atoms with Crippen LogP contribution in [0.3, 0.4) is 0 Å². The number of hydrogen-bond donors (Lipinski definition) is 3. The first-order chi connectivity index (χ1) is 7.09. The molecule has 0 aromatic heterocycles. The van der Waals surface area contributed by atoms with E-state index in [0.29, 0.717) is 18.5 Å². The third-order valence-corrected chi connectivity index (χ3v) is 1.97. The Bertz CT molecular complexity index is 337. The van der Waals surface area contributed by atoms with Crippen LogP contribution in [0.15, 0.2) is 24.3 Å². The summed E-state index contributed by atoms with van der Waals surface area (Å²) < 4.78 is 0. The van der Waals surface area contributed by atoms with Gasteiger partial charge in [0, 0.05) is 24.6 Å². The van der Waals surface area contributed by atoms with Gasteiger partial charge >= 0.3 is 0 Å². The molecular weight excluding hydrogens is 192 g/mol. The lowest BCUT2D eigenvalue weighted by atomic mass is 10.2. The Morgan fingerprint density at radius 1 is 1.53 bits per heavy atom. The number of para-hydroxylation sites is 1. The molecule has 0 aliphatic rings. The van der Waals surface area contributed by atoms with E-state index in [2.05, 4.69) is 5.32 Å². The van der Waals surface area contributed by atoms with Crippen molar-refractivity contribution < 1.29 is 9.90 Å². The summed E-state index contributed by atoms with van der Waals surface area (Å²) in [5, 5.41) is 12.1. The van der Waals surface area contributed by atoms with Crippen LogP contribution in [0.4, 0.5) is 0 Å². The third-order valence-electron chi connectivity index (χ3n) is 1.97. The Morgan fingerprint density at radius 3 is 2.80 bits per heavy atom. The highest BCUT2D eigenvalue weighted by Gasteiger charge is 2.05. The van der Waals surface area contributed by atoms with Gasteiger partial charge in [0.05, 0.1) is 0 Å². The largest absolute Gasteiger partial charge is 0.508 e. The fourth-order valence-corrected chi connectivity index (χ4v) is 1.22. The molecule has 82 valence electrons. The summed E-state index contributed by atoms with van der Waals surface area (Å²) >= 11 is 0. The Hall–Kier alpha value is -1.55. The summed E-state index contributed by atoms with van der Waals surface area (Å²) in [7, 11) is 0. The Labute approximate surface area is 89.1 Å². The van der Waals surface area contributed by atoms with E-state index < -0.39 is 0 Å². The molecule has 0 bridgehead atoms. The molecule has 0 saturated heterocycles. The van der Waals surface area contributed by atoms with Crippen molar-refractivity contribution in [2.75, 3.05) is 0 Å². The molecule has 0 aliphatic carbocycles. The lowest BCUT2D eigenvalue weighted by Crippen LogP contribution is -2.29. The van der Waals surface area contributed by atoms with Crippen LogP contribution in [0.1, 0.15) is 18.9 Å². The van der Waals surface area contributed by atoms with Gasteiger partial charge in [-0.1, -0.05) is 18.2 Å². The van der Waals surface area contributed by atoms with E-state index in [1.807, 2.05) is 6.07 Å². The van der Waals surface area contributed by atoms with E-state index in [-0.39, 0.29) is 17.7 Å². The number of phenolic OH excluding ortho intramolecular Hbond substituents is 1. The topological polar surface area (TPSA) is 75.4 Å². The number of carbonyl (C=O) groups excluding carboxylic acids is 1. The predicted molar refractivity (Wildman–Crippen MR) is 58.2 cm³/mol. The van der Waals surface area contributed by atoms with Gasteiger partial charge in [0.1, 0.15) is 5.75 Å². The highest BCUT2D eigenvalue weighted by Crippen LogP contribution is 2.14. The van der Waals surface area contributed by atoms with Gasteiger partial charge in [-0.25, -0.2) is 0 Å². The van der Waals surface area contributed by atoms with Gasteiger partial charge in [0.15, 0.2) is 0 Å². The zero-order valence-electron chi connectivity index (χ0n) is 8.73. The minimum atomic E-state index is -0.144. The number of nitrogens with one attached hydrogen (secondary N) is 1. The second-order valence-corrected chi connectivity index (χ2v) is 3.59. The molecule has 15 heavy (non-hydrogen) atoms. The summed E-state index contributed by atoms with van der Waals surface area (Å²) in [6, 6.07) is 6.76. The van der Waals surface area contributed by atoms with Crippen molar-refractivity contribution in [3.05, 3.63) is 29.8 Å². The molecule has 1 atom stereocenters. The number of amides is 1. The molecule has 0 fully saturated rings. The molecule has 1 unspecified atom stereocenters. The summed E-state index contributed by atoms with van der Waals surface area (Å²) in [6.45, 7) is 2.11. The zero-order chi connectivity index (χ0) is 11.3. The summed E-state index contributed by atoms with van der Waals surface area (Å²) in [4.78, 5) is 11.3. The molecule has 4 heteroatoms. The lowest BCUT2D eigenvalue weighted by Gasteiger charge is -2.08. The number of carbonyl (C=O) groups is 1. The molecule has 1 amide bonds. The molecule has 0 heterocycles. The number of nitrogens with two attached hydrogens (primary N) is 1. The van der Waals surface area contributed by atoms with Gasteiger partial charge in [0.2, 0.25) is 5.91 Å². The van der Waals surface area contributed by atoms with E-state index >= 15 is 0 Å². The van der Waals surface area contributed by atoms with Crippen molar-refractivity contribution in [1.29, 1.82) is 0 Å². The SMILES string of the molecule is CC(N)CC(=O)NCc1ccccc1O. The Morgan fingerprint density at radius 2 is 2.20 bits per heavy atom. The quantitative estimate of drug-likeness (QED) is 0.683. The minimum absolute atomic E-state index is 0.103.